The van der Waals surface area contributed by atoms with Gasteiger partial charge in [0.1, 0.15) is 0 Å². The van der Waals surface area contributed by atoms with E-state index in [1.54, 1.807) is 26.1 Å². The molecule has 0 aliphatic carbocycles. The summed E-state index contributed by atoms with van der Waals surface area (Å²) in [5.41, 5.74) is 0.864. The van der Waals surface area contributed by atoms with Crippen LogP contribution in [0.2, 0.25) is 0 Å². The van der Waals surface area contributed by atoms with Crippen molar-refractivity contribution in [3.05, 3.63) is 39.4 Å². The van der Waals surface area contributed by atoms with Gasteiger partial charge in [-0.05, 0) is 13.0 Å². The van der Waals surface area contributed by atoms with Crippen LogP contribution in [-0.4, -0.2) is 34.7 Å². The summed E-state index contributed by atoms with van der Waals surface area (Å²) in [6.45, 7) is 2.20. The summed E-state index contributed by atoms with van der Waals surface area (Å²) in [7, 11) is 1.66. The quantitative estimate of drug-likeness (QED) is 0.487. The van der Waals surface area contributed by atoms with Crippen LogP contribution < -0.4 is 0 Å². The second-order valence-corrected chi connectivity index (χ2v) is 4.47. The monoisotopic (exact) mass is 300 g/mol. The number of aryl methyl sites for hydroxylation is 1. The number of alkyl halides is 1. The van der Waals surface area contributed by atoms with Gasteiger partial charge in [0, 0.05) is 36.1 Å². The number of carbonyl (C=O) groups excluding carboxylic acids is 1. The SMILES string of the molecule is Cc1ccc(C(=O)N(C)CCBr)cc1[N+](=O)[O-]. The molecule has 1 aromatic rings. The lowest BCUT2D eigenvalue weighted by Gasteiger charge is -2.15. The lowest BCUT2D eigenvalue weighted by molar-refractivity contribution is -0.385. The minimum atomic E-state index is -0.476. The zero-order valence-electron chi connectivity index (χ0n) is 9.64. The Hall–Kier alpha value is -1.43. The number of nitro benzene ring substituents is 1. The number of hydrogen-bond acceptors (Lipinski definition) is 3. The molecule has 0 N–H and O–H groups in total. The van der Waals surface area contributed by atoms with Crippen molar-refractivity contribution in [3.8, 4) is 0 Å². The second-order valence-electron chi connectivity index (χ2n) is 3.67. The van der Waals surface area contributed by atoms with E-state index >= 15 is 0 Å². The van der Waals surface area contributed by atoms with Gasteiger partial charge in [-0.2, -0.15) is 0 Å². The summed E-state index contributed by atoms with van der Waals surface area (Å²) in [6.07, 6.45) is 0. The van der Waals surface area contributed by atoms with Crippen LogP contribution in [0.25, 0.3) is 0 Å². The number of nitro groups is 1. The standard InChI is InChI=1S/C11H13BrN2O3/c1-8-3-4-9(7-10(8)14(16)17)11(15)13(2)6-5-12/h3-4,7H,5-6H2,1-2H3. The van der Waals surface area contributed by atoms with E-state index < -0.39 is 4.92 Å². The van der Waals surface area contributed by atoms with Crippen LogP contribution in [0.4, 0.5) is 5.69 Å². The van der Waals surface area contributed by atoms with Crippen LogP contribution in [-0.2, 0) is 0 Å². The first kappa shape index (κ1) is 13.6. The smallest absolute Gasteiger partial charge is 0.273 e. The number of carbonyl (C=O) groups is 1. The maximum Gasteiger partial charge on any atom is 0.273 e. The van der Waals surface area contributed by atoms with E-state index in [1.807, 2.05) is 0 Å². The molecule has 1 aromatic carbocycles. The predicted molar refractivity (Wildman–Crippen MR) is 68.6 cm³/mol. The van der Waals surface area contributed by atoms with E-state index in [-0.39, 0.29) is 11.6 Å². The van der Waals surface area contributed by atoms with Gasteiger partial charge in [-0.1, -0.05) is 22.0 Å². The molecule has 0 aliphatic rings. The highest BCUT2D eigenvalue weighted by Crippen LogP contribution is 2.20. The molecule has 0 aliphatic heterocycles. The number of rotatable bonds is 4. The molecular weight excluding hydrogens is 288 g/mol. The fourth-order valence-electron chi connectivity index (χ4n) is 1.39. The summed E-state index contributed by atoms with van der Waals surface area (Å²) in [5.74, 6) is -0.215. The Bertz CT molecular complexity index is 448. The minimum Gasteiger partial charge on any atom is -0.341 e. The first-order chi connectivity index (χ1) is 7.97. The largest absolute Gasteiger partial charge is 0.341 e. The van der Waals surface area contributed by atoms with Crippen LogP contribution in [0.15, 0.2) is 18.2 Å². The third kappa shape index (κ3) is 3.26. The molecule has 0 spiro atoms. The van der Waals surface area contributed by atoms with Crippen molar-refractivity contribution in [2.75, 3.05) is 18.9 Å². The third-order valence-electron chi connectivity index (χ3n) is 2.42. The van der Waals surface area contributed by atoms with Gasteiger partial charge in [0.2, 0.25) is 0 Å². The molecule has 5 nitrogen and oxygen atoms in total. The lowest BCUT2D eigenvalue weighted by atomic mass is 10.1. The molecule has 0 aromatic heterocycles. The van der Waals surface area contributed by atoms with Crippen LogP contribution >= 0.6 is 15.9 Å². The first-order valence-electron chi connectivity index (χ1n) is 5.04. The molecule has 1 amide bonds. The molecule has 92 valence electrons. The highest BCUT2D eigenvalue weighted by atomic mass is 79.9. The number of amides is 1. The number of halogens is 1. The van der Waals surface area contributed by atoms with Gasteiger partial charge in [-0.15, -0.1) is 0 Å². The Balaban J connectivity index is 3.03. The van der Waals surface area contributed by atoms with Crippen LogP contribution in [0, 0.1) is 17.0 Å². The summed E-state index contributed by atoms with van der Waals surface area (Å²) < 4.78 is 0. The normalized spacial score (nSPS) is 10.1. The van der Waals surface area contributed by atoms with Crippen molar-refractivity contribution in [3.63, 3.8) is 0 Å². The summed E-state index contributed by atoms with van der Waals surface area (Å²) in [5, 5.41) is 11.4. The second kappa shape index (κ2) is 5.77. The fraction of sp³-hybridized carbons (Fsp3) is 0.364. The van der Waals surface area contributed by atoms with Crippen LogP contribution in [0.3, 0.4) is 0 Å². The van der Waals surface area contributed by atoms with Gasteiger partial charge >= 0.3 is 0 Å². The highest BCUT2D eigenvalue weighted by Gasteiger charge is 2.17. The molecule has 0 heterocycles. The van der Waals surface area contributed by atoms with E-state index in [4.69, 9.17) is 0 Å². The Morgan fingerprint density at radius 1 is 1.53 bits per heavy atom. The molecule has 6 heteroatoms. The lowest BCUT2D eigenvalue weighted by Crippen LogP contribution is -2.28. The van der Waals surface area contributed by atoms with Gasteiger partial charge in [-0.25, -0.2) is 0 Å². The van der Waals surface area contributed by atoms with Gasteiger partial charge < -0.3 is 4.90 Å². The number of hydrogen-bond donors (Lipinski definition) is 0. The van der Waals surface area contributed by atoms with Crippen LogP contribution in [0.1, 0.15) is 15.9 Å². The molecular formula is C11H13BrN2O3. The highest BCUT2D eigenvalue weighted by molar-refractivity contribution is 9.09. The molecule has 0 unspecified atom stereocenters. The Kier molecular flexibility index (Phi) is 4.62. The predicted octanol–water partition coefficient (Wildman–Crippen LogP) is 2.37. The van der Waals surface area contributed by atoms with Crippen molar-refractivity contribution in [1.29, 1.82) is 0 Å². The van der Waals surface area contributed by atoms with Crippen molar-refractivity contribution < 1.29 is 9.72 Å². The fourth-order valence-corrected chi connectivity index (χ4v) is 1.92. The molecule has 0 atom stereocenters. The van der Waals surface area contributed by atoms with Crippen LogP contribution in [0.5, 0.6) is 0 Å². The Morgan fingerprint density at radius 2 is 2.18 bits per heavy atom. The van der Waals surface area contributed by atoms with Gasteiger partial charge in [0.25, 0.3) is 11.6 Å². The average Bonchev–Trinajstić information content (AvgIpc) is 2.28. The van der Waals surface area contributed by atoms with Gasteiger partial charge in [0.15, 0.2) is 0 Å². The summed E-state index contributed by atoms with van der Waals surface area (Å²) in [4.78, 5) is 23.7. The molecule has 0 saturated carbocycles. The van der Waals surface area contributed by atoms with E-state index in [9.17, 15) is 14.9 Å². The summed E-state index contributed by atoms with van der Waals surface area (Å²) >= 11 is 3.24. The van der Waals surface area contributed by atoms with Crippen molar-refractivity contribution >= 4 is 27.5 Å². The maximum atomic E-state index is 11.9. The van der Waals surface area contributed by atoms with Gasteiger partial charge in [-0.3, -0.25) is 14.9 Å². The molecule has 0 radical (unpaired) electrons. The average molecular weight is 301 g/mol. The minimum absolute atomic E-state index is 0.0249. The molecule has 0 saturated heterocycles. The van der Waals surface area contributed by atoms with Crippen molar-refractivity contribution in [1.82, 2.24) is 4.90 Å². The molecule has 1 rings (SSSR count). The van der Waals surface area contributed by atoms with Crippen molar-refractivity contribution in [2.45, 2.75) is 6.92 Å². The number of benzene rings is 1. The Labute approximate surface area is 108 Å². The number of nitrogens with zero attached hydrogens (tertiary/aromatic N) is 2. The maximum absolute atomic E-state index is 11.9. The third-order valence-corrected chi connectivity index (χ3v) is 2.77. The van der Waals surface area contributed by atoms with Gasteiger partial charge in [0.05, 0.1) is 4.92 Å². The summed E-state index contributed by atoms with van der Waals surface area (Å²) in [6, 6.07) is 4.52. The van der Waals surface area contributed by atoms with Crippen molar-refractivity contribution in [2.24, 2.45) is 0 Å². The molecule has 0 fully saturated rings. The van der Waals surface area contributed by atoms with E-state index in [0.717, 1.165) is 0 Å². The Morgan fingerprint density at radius 3 is 2.71 bits per heavy atom. The van der Waals surface area contributed by atoms with E-state index in [2.05, 4.69) is 15.9 Å². The van der Waals surface area contributed by atoms with E-state index in [1.165, 1.54) is 11.0 Å². The molecule has 17 heavy (non-hydrogen) atoms. The molecule has 0 bridgehead atoms. The zero-order chi connectivity index (χ0) is 13.0. The zero-order valence-corrected chi connectivity index (χ0v) is 11.2. The topological polar surface area (TPSA) is 63.5 Å². The first-order valence-corrected chi connectivity index (χ1v) is 6.16. The van der Waals surface area contributed by atoms with E-state index in [0.29, 0.717) is 23.0 Å².